The van der Waals surface area contributed by atoms with Crippen molar-refractivity contribution in [3.05, 3.63) is 206 Å². The molecule has 12 aromatic rings. The van der Waals surface area contributed by atoms with Gasteiger partial charge in [0, 0.05) is 10.8 Å². The third-order valence-electron chi connectivity index (χ3n) is 12.1. The molecular weight excluding hydrogens is 689 g/mol. The Labute approximate surface area is 329 Å². The van der Waals surface area contributed by atoms with Crippen molar-refractivity contribution in [3.8, 4) is 44.5 Å². The number of hydrogen-bond acceptors (Lipinski definition) is 1. The highest BCUT2D eigenvalue weighted by atomic mass is 16.3. The first kappa shape index (κ1) is 31.8. The van der Waals surface area contributed by atoms with Gasteiger partial charge in [-0.1, -0.05) is 182 Å². The quantitative estimate of drug-likeness (QED) is 0.130. The molecule has 57 heavy (non-hydrogen) atoms. The molecule has 0 aliphatic carbocycles. The number of benzene rings is 11. The summed E-state index contributed by atoms with van der Waals surface area (Å²) < 4.78 is 6.46. The molecule has 1 heteroatoms. The van der Waals surface area contributed by atoms with Crippen LogP contribution in [0.15, 0.2) is 211 Å². The summed E-state index contributed by atoms with van der Waals surface area (Å²) in [6.07, 6.45) is 0. The van der Waals surface area contributed by atoms with Gasteiger partial charge < -0.3 is 4.42 Å². The molecule has 0 amide bonds. The van der Waals surface area contributed by atoms with E-state index in [1.165, 1.54) is 92.8 Å². The smallest absolute Gasteiger partial charge is 0.136 e. The number of para-hydroxylation sites is 1. The fourth-order valence-corrected chi connectivity index (χ4v) is 9.59. The first-order chi connectivity index (χ1) is 28.3. The zero-order valence-electron chi connectivity index (χ0n) is 31.0. The Morgan fingerprint density at radius 2 is 0.649 bits per heavy atom. The van der Waals surface area contributed by atoms with Crippen LogP contribution in [0.5, 0.6) is 0 Å². The van der Waals surface area contributed by atoms with Gasteiger partial charge in [0.1, 0.15) is 11.2 Å². The normalized spacial score (nSPS) is 11.9. The van der Waals surface area contributed by atoms with Gasteiger partial charge >= 0.3 is 0 Å². The molecule has 0 saturated heterocycles. The van der Waals surface area contributed by atoms with Gasteiger partial charge in [0.05, 0.1) is 0 Å². The third kappa shape index (κ3) is 4.83. The van der Waals surface area contributed by atoms with Gasteiger partial charge in [-0.15, -0.1) is 0 Å². The van der Waals surface area contributed by atoms with Crippen molar-refractivity contribution in [3.63, 3.8) is 0 Å². The van der Waals surface area contributed by atoms with E-state index in [4.69, 9.17) is 4.42 Å². The van der Waals surface area contributed by atoms with Gasteiger partial charge in [-0.2, -0.15) is 0 Å². The zero-order chi connectivity index (χ0) is 37.5. The lowest BCUT2D eigenvalue weighted by atomic mass is 9.80. The standard InChI is InChI=1S/C56H34O/c1-2-15-35(16-3-1)38-26-14-27-39(36-29-32-46-45-21-12-13-28-52(45)57-53(46)34-36)55(38)56-49-24-10-8-22-47(49)54(48-23-9-11-25-50(48)56)37-30-31-44-42-19-5-4-17-40(42)41-18-6-7-20-43(41)51(44)33-37/h1-34H. The lowest BCUT2D eigenvalue weighted by molar-refractivity contribution is 0.669. The van der Waals surface area contributed by atoms with Crippen molar-refractivity contribution >= 4 is 75.8 Å². The molecule has 0 aliphatic heterocycles. The average Bonchev–Trinajstić information content (AvgIpc) is 3.66. The Morgan fingerprint density at radius 1 is 0.211 bits per heavy atom. The fraction of sp³-hybridized carbons (Fsp3) is 0. The van der Waals surface area contributed by atoms with Crippen molar-refractivity contribution in [1.29, 1.82) is 0 Å². The molecule has 0 saturated carbocycles. The van der Waals surface area contributed by atoms with Crippen LogP contribution in [-0.4, -0.2) is 0 Å². The summed E-state index contributed by atoms with van der Waals surface area (Å²) in [4.78, 5) is 0. The maximum atomic E-state index is 6.46. The molecule has 0 atom stereocenters. The molecular formula is C56H34O. The SMILES string of the molecule is c1ccc(-c2cccc(-c3ccc4c(c3)oc3ccccc34)c2-c2c3ccccc3c(-c3ccc4c5ccccc5c5ccccc5c4c3)c3ccccc23)cc1. The first-order valence-electron chi connectivity index (χ1n) is 19.7. The Balaban J connectivity index is 1.18. The van der Waals surface area contributed by atoms with E-state index in [0.29, 0.717) is 0 Å². The highest BCUT2D eigenvalue weighted by molar-refractivity contribution is 6.28. The van der Waals surface area contributed by atoms with Crippen molar-refractivity contribution in [2.75, 3.05) is 0 Å². The van der Waals surface area contributed by atoms with Crippen molar-refractivity contribution < 1.29 is 4.42 Å². The Hall–Kier alpha value is -7.48. The van der Waals surface area contributed by atoms with Crippen LogP contribution in [0.1, 0.15) is 0 Å². The monoisotopic (exact) mass is 722 g/mol. The number of fused-ring (bicyclic) bond motifs is 11. The summed E-state index contributed by atoms with van der Waals surface area (Å²) in [7, 11) is 0. The largest absolute Gasteiger partial charge is 0.456 e. The van der Waals surface area contributed by atoms with Gasteiger partial charge in [0.15, 0.2) is 0 Å². The minimum atomic E-state index is 0.895. The van der Waals surface area contributed by atoms with Gasteiger partial charge in [0.2, 0.25) is 0 Å². The minimum Gasteiger partial charge on any atom is -0.456 e. The predicted molar refractivity (Wildman–Crippen MR) is 243 cm³/mol. The van der Waals surface area contributed by atoms with Crippen molar-refractivity contribution in [2.24, 2.45) is 0 Å². The summed E-state index contributed by atoms with van der Waals surface area (Å²) in [5.41, 5.74) is 11.4. The van der Waals surface area contributed by atoms with E-state index in [-0.39, 0.29) is 0 Å². The minimum absolute atomic E-state index is 0.895. The molecule has 0 spiro atoms. The Kier molecular flexibility index (Phi) is 7.00. The van der Waals surface area contributed by atoms with E-state index in [0.717, 1.165) is 27.5 Å². The van der Waals surface area contributed by atoms with E-state index >= 15 is 0 Å². The fourth-order valence-electron chi connectivity index (χ4n) is 9.59. The lowest BCUT2D eigenvalue weighted by Gasteiger charge is -2.22. The summed E-state index contributed by atoms with van der Waals surface area (Å²) in [6.45, 7) is 0. The number of furan rings is 1. The van der Waals surface area contributed by atoms with Gasteiger partial charge in [-0.3, -0.25) is 0 Å². The van der Waals surface area contributed by atoms with Gasteiger partial charge in [0.25, 0.3) is 0 Å². The Bertz CT molecular complexity index is 3480. The molecule has 264 valence electrons. The van der Waals surface area contributed by atoms with E-state index in [9.17, 15) is 0 Å². The van der Waals surface area contributed by atoms with Crippen LogP contribution < -0.4 is 0 Å². The zero-order valence-corrected chi connectivity index (χ0v) is 31.0. The first-order valence-corrected chi connectivity index (χ1v) is 19.7. The molecule has 0 bridgehead atoms. The van der Waals surface area contributed by atoms with Crippen LogP contribution in [-0.2, 0) is 0 Å². The lowest BCUT2D eigenvalue weighted by Crippen LogP contribution is -1.95. The highest BCUT2D eigenvalue weighted by Crippen LogP contribution is 2.50. The van der Waals surface area contributed by atoms with E-state index in [2.05, 4.69) is 200 Å². The third-order valence-corrected chi connectivity index (χ3v) is 12.1. The van der Waals surface area contributed by atoms with Crippen LogP contribution in [0.3, 0.4) is 0 Å². The molecule has 1 nitrogen and oxygen atoms in total. The van der Waals surface area contributed by atoms with Crippen LogP contribution in [0.2, 0.25) is 0 Å². The van der Waals surface area contributed by atoms with E-state index in [1.807, 2.05) is 6.07 Å². The topological polar surface area (TPSA) is 13.1 Å². The summed E-state index contributed by atoms with van der Waals surface area (Å²) >= 11 is 0. The van der Waals surface area contributed by atoms with E-state index in [1.54, 1.807) is 0 Å². The van der Waals surface area contributed by atoms with Crippen molar-refractivity contribution in [1.82, 2.24) is 0 Å². The number of hydrogen-bond donors (Lipinski definition) is 0. The molecule has 1 aromatic heterocycles. The van der Waals surface area contributed by atoms with Crippen LogP contribution in [0.4, 0.5) is 0 Å². The predicted octanol–water partition coefficient (Wildman–Crippen LogP) is 16.0. The second-order valence-corrected chi connectivity index (χ2v) is 15.1. The highest BCUT2D eigenvalue weighted by Gasteiger charge is 2.23. The maximum Gasteiger partial charge on any atom is 0.136 e. The molecule has 0 aliphatic rings. The Morgan fingerprint density at radius 3 is 1.28 bits per heavy atom. The molecule has 0 N–H and O–H groups in total. The molecule has 0 unspecified atom stereocenters. The van der Waals surface area contributed by atoms with E-state index < -0.39 is 0 Å². The second-order valence-electron chi connectivity index (χ2n) is 15.1. The maximum absolute atomic E-state index is 6.46. The molecule has 12 rings (SSSR count). The van der Waals surface area contributed by atoms with Crippen LogP contribution in [0.25, 0.3) is 120 Å². The summed E-state index contributed by atoms with van der Waals surface area (Å²) in [6, 6.07) is 75.4. The van der Waals surface area contributed by atoms with Crippen LogP contribution in [0, 0.1) is 0 Å². The van der Waals surface area contributed by atoms with Gasteiger partial charge in [-0.25, -0.2) is 0 Å². The van der Waals surface area contributed by atoms with Crippen molar-refractivity contribution in [2.45, 2.75) is 0 Å². The molecule has 11 aromatic carbocycles. The summed E-state index contributed by atoms with van der Waals surface area (Å²) in [5, 5.41) is 14.9. The van der Waals surface area contributed by atoms with Crippen LogP contribution >= 0.6 is 0 Å². The van der Waals surface area contributed by atoms with Gasteiger partial charge in [-0.05, 0) is 123 Å². The average molecular weight is 723 g/mol. The second kappa shape index (κ2) is 12.5. The number of rotatable bonds is 4. The molecule has 0 fully saturated rings. The molecule has 1 heterocycles. The molecule has 0 radical (unpaired) electrons. The summed E-state index contributed by atoms with van der Waals surface area (Å²) in [5.74, 6) is 0.